The Morgan fingerprint density at radius 2 is 1.96 bits per heavy atom. The minimum absolute atomic E-state index is 0.0492. The number of nitrogens with one attached hydrogen (secondary N) is 1. The lowest BCUT2D eigenvalue weighted by molar-refractivity contribution is -0.146. The van der Waals surface area contributed by atoms with Crippen LogP contribution in [0.25, 0.3) is 10.6 Å². The van der Waals surface area contributed by atoms with Gasteiger partial charge in [0, 0.05) is 21.5 Å². The first-order valence-electron chi connectivity index (χ1n) is 8.67. The summed E-state index contributed by atoms with van der Waals surface area (Å²) in [7, 11) is 0. The second kappa shape index (κ2) is 8.99. The molecule has 0 bridgehead atoms. The zero-order valence-corrected chi connectivity index (χ0v) is 17.0. The molecule has 28 heavy (non-hydrogen) atoms. The van der Waals surface area contributed by atoms with Crippen LogP contribution in [0.4, 0.5) is 0 Å². The number of benzene rings is 2. The van der Waals surface area contributed by atoms with E-state index in [2.05, 4.69) is 10.3 Å². The molecule has 0 spiro atoms. The molecule has 144 valence electrons. The number of ether oxygens (including phenoxy) is 1. The van der Waals surface area contributed by atoms with E-state index < -0.39 is 12.0 Å². The van der Waals surface area contributed by atoms with Crippen molar-refractivity contribution in [1.29, 1.82) is 0 Å². The van der Waals surface area contributed by atoms with Gasteiger partial charge in [-0.05, 0) is 38.1 Å². The summed E-state index contributed by atoms with van der Waals surface area (Å²) >= 11 is 7.36. The minimum atomic E-state index is -0.762. The first-order chi connectivity index (χ1) is 13.4. The molecule has 0 aliphatic carbocycles. The molecule has 0 saturated heterocycles. The molecule has 0 fully saturated rings. The number of carbonyl (C=O) groups excluding carboxylic acids is 2. The maximum Gasteiger partial charge on any atom is 0.328 e. The van der Waals surface area contributed by atoms with E-state index in [1.165, 1.54) is 11.3 Å². The highest BCUT2D eigenvalue weighted by Gasteiger charge is 2.18. The van der Waals surface area contributed by atoms with Gasteiger partial charge in [-0.2, -0.15) is 0 Å². The van der Waals surface area contributed by atoms with Gasteiger partial charge in [-0.15, -0.1) is 11.3 Å². The van der Waals surface area contributed by atoms with Crippen LogP contribution in [0.5, 0.6) is 0 Å². The molecule has 0 radical (unpaired) electrons. The van der Waals surface area contributed by atoms with Crippen molar-refractivity contribution in [2.24, 2.45) is 0 Å². The van der Waals surface area contributed by atoms with Crippen LogP contribution in [-0.4, -0.2) is 22.9 Å². The number of amides is 1. The maximum absolute atomic E-state index is 12.2. The van der Waals surface area contributed by atoms with Crippen LogP contribution in [-0.2, 0) is 16.1 Å². The van der Waals surface area contributed by atoms with Gasteiger partial charge in [-0.3, -0.25) is 4.79 Å². The summed E-state index contributed by atoms with van der Waals surface area (Å²) in [4.78, 5) is 28.9. The van der Waals surface area contributed by atoms with E-state index in [1.807, 2.05) is 30.5 Å². The van der Waals surface area contributed by atoms with Gasteiger partial charge in [0.25, 0.3) is 5.91 Å². The highest BCUT2D eigenvalue weighted by Crippen LogP contribution is 2.25. The number of rotatable bonds is 6. The van der Waals surface area contributed by atoms with E-state index >= 15 is 0 Å². The maximum atomic E-state index is 12.2. The standard InChI is InChI=1S/C21H19ClN2O3S/c1-13-4-3-5-16(10-13)19(25)23-14(2)21(26)27-11-18-12-28-20(24-18)15-6-8-17(22)9-7-15/h3-10,12,14H,11H2,1-2H3,(H,23,25)/t14-/m0/s1. The number of hydrogen-bond donors (Lipinski definition) is 1. The van der Waals surface area contributed by atoms with Gasteiger partial charge in [-0.1, -0.05) is 41.4 Å². The molecule has 0 unspecified atom stereocenters. The predicted octanol–water partition coefficient (Wildman–Crippen LogP) is 4.63. The highest BCUT2D eigenvalue weighted by molar-refractivity contribution is 7.13. The molecule has 3 rings (SSSR count). The zero-order valence-electron chi connectivity index (χ0n) is 15.4. The quantitative estimate of drug-likeness (QED) is 0.597. The monoisotopic (exact) mass is 414 g/mol. The van der Waals surface area contributed by atoms with Crippen LogP contribution >= 0.6 is 22.9 Å². The van der Waals surface area contributed by atoms with E-state index in [0.29, 0.717) is 16.3 Å². The number of aromatic nitrogens is 1. The molecule has 0 saturated carbocycles. The van der Waals surface area contributed by atoms with Crippen molar-refractivity contribution in [2.75, 3.05) is 0 Å². The number of aryl methyl sites for hydroxylation is 1. The van der Waals surface area contributed by atoms with Gasteiger partial charge >= 0.3 is 5.97 Å². The van der Waals surface area contributed by atoms with Crippen molar-refractivity contribution in [2.45, 2.75) is 26.5 Å². The third-order valence-corrected chi connectivity index (χ3v) is 5.18. The van der Waals surface area contributed by atoms with Gasteiger partial charge in [0.2, 0.25) is 0 Å². The molecule has 0 aliphatic rings. The molecule has 3 aromatic rings. The van der Waals surface area contributed by atoms with E-state index in [9.17, 15) is 9.59 Å². The fourth-order valence-electron chi connectivity index (χ4n) is 2.49. The van der Waals surface area contributed by atoms with Crippen LogP contribution in [0.15, 0.2) is 53.9 Å². The number of halogens is 1. The number of carbonyl (C=O) groups is 2. The third-order valence-electron chi connectivity index (χ3n) is 3.99. The van der Waals surface area contributed by atoms with Crippen LogP contribution in [0.1, 0.15) is 28.5 Å². The Balaban J connectivity index is 1.53. The van der Waals surface area contributed by atoms with Gasteiger partial charge in [0.1, 0.15) is 17.7 Å². The summed E-state index contributed by atoms with van der Waals surface area (Å²) in [5.74, 6) is -0.825. The molecular formula is C21H19ClN2O3S. The number of nitrogens with zero attached hydrogens (tertiary/aromatic N) is 1. The molecule has 1 aromatic heterocycles. The van der Waals surface area contributed by atoms with Gasteiger partial charge < -0.3 is 10.1 Å². The molecule has 1 N–H and O–H groups in total. The topological polar surface area (TPSA) is 68.3 Å². The van der Waals surface area contributed by atoms with Crippen molar-refractivity contribution in [1.82, 2.24) is 10.3 Å². The molecule has 0 aliphatic heterocycles. The van der Waals surface area contributed by atoms with Gasteiger partial charge in [-0.25, -0.2) is 9.78 Å². The van der Waals surface area contributed by atoms with Crippen LogP contribution in [0.2, 0.25) is 5.02 Å². The predicted molar refractivity (Wildman–Crippen MR) is 110 cm³/mol. The second-order valence-corrected chi connectivity index (χ2v) is 7.62. The SMILES string of the molecule is Cc1cccc(C(=O)N[C@@H](C)C(=O)OCc2csc(-c3ccc(Cl)cc3)n2)c1. The summed E-state index contributed by atoms with van der Waals surface area (Å²) in [6, 6.07) is 13.8. The van der Waals surface area contributed by atoms with Crippen molar-refractivity contribution >= 4 is 34.8 Å². The van der Waals surface area contributed by atoms with Gasteiger partial charge in [0.15, 0.2) is 0 Å². The fraction of sp³-hybridized carbons (Fsp3) is 0.190. The third kappa shape index (κ3) is 5.18. The Hall–Kier alpha value is -2.70. The normalized spacial score (nSPS) is 11.7. The Morgan fingerprint density at radius 3 is 2.68 bits per heavy atom. The smallest absolute Gasteiger partial charge is 0.328 e. The second-order valence-electron chi connectivity index (χ2n) is 6.32. The average molecular weight is 415 g/mol. The molecule has 5 nitrogen and oxygen atoms in total. The molecule has 1 amide bonds. The van der Waals surface area contributed by atoms with Crippen molar-refractivity contribution in [3.05, 3.63) is 75.8 Å². The average Bonchev–Trinajstić information content (AvgIpc) is 3.15. The van der Waals surface area contributed by atoms with E-state index in [1.54, 1.807) is 37.3 Å². The first-order valence-corrected chi connectivity index (χ1v) is 9.92. The molecule has 2 aromatic carbocycles. The highest BCUT2D eigenvalue weighted by atomic mass is 35.5. The summed E-state index contributed by atoms with van der Waals surface area (Å²) in [6.07, 6.45) is 0. The van der Waals surface area contributed by atoms with Crippen molar-refractivity contribution in [3.8, 4) is 10.6 Å². The Labute approximate surface area is 172 Å². The van der Waals surface area contributed by atoms with Crippen LogP contribution < -0.4 is 5.32 Å². The van der Waals surface area contributed by atoms with Crippen LogP contribution in [0, 0.1) is 6.92 Å². The largest absolute Gasteiger partial charge is 0.458 e. The van der Waals surface area contributed by atoms with E-state index in [0.717, 1.165) is 16.1 Å². The number of esters is 1. The molecule has 7 heteroatoms. The summed E-state index contributed by atoms with van der Waals surface area (Å²) in [5, 5.41) is 5.98. The van der Waals surface area contributed by atoms with Crippen molar-refractivity contribution < 1.29 is 14.3 Å². The summed E-state index contributed by atoms with van der Waals surface area (Å²) in [5.41, 5.74) is 3.08. The lowest BCUT2D eigenvalue weighted by Gasteiger charge is -2.13. The Morgan fingerprint density at radius 1 is 1.21 bits per heavy atom. The minimum Gasteiger partial charge on any atom is -0.458 e. The number of thiazole rings is 1. The van der Waals surface area contributed by atoms with Crippen molar-refractivity contribution in [3.63, 3.8) is 0 Å². The Kier molecular flexibility index (Phi) is 6.44. The van der Waals surface area contributed by atoms with E-state index in [4.69, 9.17) is 16.3 Å². The fourth-order valence-corrected chi connectivity index (χ4v) is 3.43. The zero-order chi connectivity index (χ0) is 20.1. The van der Waals surface area contributed by atoms with Gasteiger partial charge in [0.05, 0.1) is 5.69 Å². The first kappa shape index (κ1) is 20.0. The Bertz CT molecular complexity index is 985. The summed E-state index contributed by atoms with van der Waals surface area (Å²) in [6.45, 7) is 3.55. The van der Waals surface area contributed by atoms with E-state index in [-0.39, 0.29) is 12.5 Å². The number of hydrogen-bond acceptors (Lipinski definition) is 5. The lowest BCUT2D eigenvalue weighted by Crippen LogP contribution is -2.39. The lowest BCUT2D eigenvalue weighted by atomic mass is 10.1. The summed E-state index contributed by atoms with van der Waals surface area (Å²) < 4.78 is 5.29. The van der Waals surface area contributed by atoms with Crippen LogP contribution in [0.3, 0.4) is 0 Å². The molecule has 1 atom stereocenters. The molecule has 1 heterocycles. The molecular weight excluding hydrogens is 396 g/mol.